The Morgan fingerprint density at radius 3 is 2.38 bits per heavy atom. The van der Waals surface area contributed by atoms with Crippen LogP contribution in [-0.4, -0.2) is 25.1 Å². The summed E-state index contributed by atoms with van der Waals surface area (Å²) in [5.41, 5.74) is 1.71. The summed E-state index contributed by atoms with van der Waals surface area (Å²) >= 11 is 0. The summed E-state index contributed by atoms with van der Waals surface area (Å²) in [7, 11) is -3.24. The van der Waals surface area contributed by atoms with Crippen molar-refractivity contribution in [1.29, 1.82) is 0 Å². The van der Waals surface area contributed by atoms with Crippen molar-refractivity contribution in [2.75, 3.05) is 10.5 Å². The molecule has 1 aromatic rings. The minimum atomic E-state index is -3.24. The highest BCUT2D eigenvalue weighted by Gasteiger charge is 2.06. The van der Waals surface area contributed by atoms with E-state index >= 15 is 0 Å². The maximum Gasteiger partial charge on any atom is 0.232 e. The first-order valence-electron chi connectivity index (χ1n) is 4.78. The van der Waals surface area contributed by atoms with Crippen molar-refractivity contribution < 1.29 is 13.6 Å². The second kappa shape index (κ2) is 4.98. The van der Waals surface area contributed by atoms with Crippen molar-refractivity contribution >= 4 is 21.4 Å². The largest absolute Gasteiger partial charge is 0.411 e. The zero-order chi connectivity index (χ0) is 12.2. The third-order valence-electron chi connectivity index (χ3n) is 2.11. The standard InChI is InChI=1S/C10H14N2O3S/c1-3-16(14,15)12-10-6-4-9(5-7-10)8(2)11-13/h4-7,12-13H,3H2,1-2H3/b11-8+. The Morgan fingerprint density at radius 2 is 1.94 bits per heavy atom. The molecule has 0 saturated carbocycles. The fourth-order valence-electron chi connectivity index (χ4n) is 1.09. The smallest absolute Gasteiger partial charge is 0.232 e. The fourth-order valence-corrected chi connectivity index (χ4v) is 1.73. The number of benzene rings is 1. The Labute approximate surface area is 94.8 Å². The van der Waals surface area contributed by atoms with Gasteiger partial charge in [0, 0.05) is 5.69 Å². The van der Waals surface area contributed by atoms with Gasteiger partial charge < -0.3 is 5.21 Å². The van der Waals surface area contributed by atoms with Gasteiger partial charge in [-0.15, -0.1) is 0 Å². The quantitative estimate of drug-likeness (QED) is 0.478. The fraction of sp³-hybridized carbons (Fsp3) is 0.300. The van der Waals surface area contributed by atoms with Gasteiger partial charge in [-0.1, -0.05) is 17.3 Å². The lowest BCUT2D eigenvalue weighted by atomic mass is 10.1. The zero-order valence-electron chi connectivity index (χ0n) is 9.14. The molecule has 0 heterocycles. The van der Waals surface area contributed by atoms with Crippen molar-refractivity contribution in [3.63, 3.8) is 0 Å². The van der Waals surface area contributed by atoms with Gasteiger partial charge >= 0.3 is 0 Å². The molecule has 0 aliphatic heterocycles. The molecule has 0 aliphatic carbocycles. The van der Waals surface area contributed by atoms with Crippen molar-refractivity contribution in [3.8, 4) is 0 Å². The molecule has 0 bridgehead atoms. The third-order valence-corrected chi connectivity index (χ3v) is 3.41. The second-order valence-electron chi connectivity index (χ2n) is 3.27. The van der Waals surface area contributed by atoms with E-state index in [-0.39, 0.29) is 5.75 Å². The van der Waals surface area contributed by atoms with Crippen LogP contribution in [0.5, 0.6) is 0 Å². The molecule has 5 nitrogen and oxygen atoms in total. The number of rotatable bonds is 4. The predicted octanol–water partition coefficient (Wildman–Crippen LogP) is 1.65. The normalized spacial score (nSPS) is 12.5. The number of anilines is 1. The summed E-state index contributed by atoms with van der Waals surface area (Å²) in [5.74, 6) is 0.0336. The summed E-state index contributed by atoms with van der Waals surface area (Å²) < 4.78 is 25.0. The van der Waals surface area contributed by atoms with Crippen LogP contribution in [0, 0.1) is 0 Å². The molecule has 16 heavy (non-hydrogen) atoms. The molecule has 0 spiro atoms. The number of hydrogen-bond acceptors (Lipinski definition) is 4. The summed E-state index contributed by atoms with van der Waals surface area (Å²) in [6.07, 6.45) is 0. The second-order valence-corrected chi connectivity index (χ2v) is 5.28. The topological polar surface area (TPSA) is 78.8 Å². The van der Waals surface area contributed by atoms with Gasteiger partial charge in [0.2, 0.25) is 10.0 Å². The molecular formula is C10H14N2O3S. The van der Waals surface area contributed by atoms with E-state index in [0.717, 1.165) is 5.56 Å². The monoisotopic (exact) mass is 242 g/mol. The first-order valence-corrected chi connectivity index (χ1v) is 6.43. The molecule has 0 saturated heterocycles. The molecule has 0 radical (unpaired) electrons. The van der Waals surface area contributed by atoms with Crippen molar-refractivity contribution in [2.24, 2.45) is 5.16 Å². The highest BCUT2D eigenvalue weighted by Crippen LogP contribution is 2.12. The average molecular weight is 242 g/mol. The van der Waals surface area contributed by atoms with Crippen LogP contribution in [0.4, 0.5) is 5.69 Å². The lowest BCUT2D eigenvalue weighted by Gasteiger charge is -2.06. The Morgan fingerprint density at radius 1 is 1.38 bits per heavy atom. The highest BCUT2D eigenvalue weighted by atomic mass is 32.2. The lowest BCUT2D eigenvalue weighted by Crippen LogP contribution is -2.14. The van der Waals surface area contributed by atoms with E-state index in [4.69, 9.17) is 5.21 Å². The van der Waals surface area contributed by atoms with Gasteiger partial charge in [0.05, 0.1) is 11.5 Å². The molecule has 0 aliphatic rings. The van der Waals surface area contributed by atoms with Crippen LogP contribution < -0.4 is 4.72 Å². The van der Waals surface area contributed by atoms with Crippen LogP contribution >= 0.6 is 0 Å². The number of nitrogens with zero attached hydrogens (tertiary/aromatic N) is 1. The molecule has 0 amide bonds. The van der Waals surface area contributed by atoms with Gasteiger partial charge in [0.15, 0.2) is 0 Å². The number of hydrogen-bond donors (Lipinski definition) is 2. The molecule has 2 N–H and O–H groups in total. The molecule has 1 rings (SSSR count). The van der Waals surface area contributed by atoms with Crippen molar-refractivity contribution in [1.82, 2.24) is 0 Å². The minimum absolute atomic E-state index is 0.0336. The summed E-state index contributed by atoms with van der Waals surface area (Å²) in [5, 5.41) is 11.6. The van der Waals surface area contributed by atoms with E-state index in [1.165, 1.54) is 0 Å². The van der Waals surface area contributed by atoms with E-state index < -0.39 is 10.0 Å². The van der Waals surface area contributed by atoms with Gasteiger partial charge in [-0.2, -0.15) is 0 Å². The van der Waals surface area contributed by atoms with Crippen molar-refractivity contribution in [2.45, 2.75) is 13.8 Å². The zero-order valence-corrected chi connectivity index (χ0v) is 9.95. The van der Waals surface area contributed by atoms with Gasteiger partial charge in [-0.3, -0.25) is 4.72 Å². The van der Waals surface area contributed by atoms with Gasteiger partial charge in [-0.05, 0) is 31.5 Å². The van der Waals surface area contributed by atoms with Gasteiger partial charge in [0.1, 0.15) is 0 Å². The molecular weight excluding hydrogens is 228 g/mol. The predicted molar refractivity (Wildman–Crippen MR) is 63.5 cm³/mol. The highest BCUT2D eigenvalue weighted by molar-refractivity contribution is 7.92. The lowest BCUT2D eigenvalue weighted by molar-refractivity contribution is 0.319. The SMILES string of the molecule is CCS(=O)(=O)Nc1ccc(/C(C)=N/O)cc1. The summed E-state index contributed by atoms with van der Waals surface area (Å²) in [4.78, 5) is 0. The molecule has 0 fully saturated rings. The molecule has 0 unspecified atom stereocenters. The maximum absolute atomic E-state index is 11.3. The number of oxime groups is 1. The minimum Gasteiger partial charge on any atom is -0.411 e. The Bertz CT molecular complexity index is 477. The molecule has 6 heteroatoms. The van der Waals surface area contributed by atoms with Gasteiger partial charge in [0.25, 0.3) is 0 Å². The van der Waals surface area contributed by atoms with Gasteiger partial charge in [-0.25, -0.2) is 8.42 Å². The Hall–Kier alpha value is -1.56. The Kier molecular flexibility index (Phi) is 3.89. The summed E-state index contributed by atoms with van der Waals surface area (Å²) in [6.45, 7) is 3.23. The first-order chi connectivity index (χ1) is 7.48. The van der Waals surface area contributed by atoms with Crippen molar-refractivity contribution in [3.05, 3.63) is 29.8 Å². The molecule has 88 valence electrons. The number of nitrogens with one attached hydrogen (secondary N) is 1. The third kappa shape index (κ3) is 3.23. The van der Waals surface area contributed by atoms with E-state index in [9.17, 15) is 8.42 Å². The van der Waals surface area contributed by atoms with Crippen LogP contribution in [0.1, 0.15) is 19.4 Å². The molecule has 0 aromatic heterocycles. The maximum atomic E-state index is 11.3. The van der Waals surface area contributed by atoms with Crippen LogP contribution in [0.3, 0.4) is 0 Å². The Balaban J connectivity index is 2.88. The van der Waals surface area contributed by atoms with E-state index in [0.29, 0.717) is 11.4 Å². The van der Waals surface area contributed by atoms with Crippen LogP contribution in [0.2, 0.25) is 0 Å². The van der Waals surface area contributed by atoms with E-state index in [2.05, 4.69) is 9.88 Å². The number of sulfonamides is 1. The van der Waals surface area contributed by atoms with Crippen LogP contribution in [0.25, 0.3) is 0 Å². The average Bonchev–Trinajstić information content (AvgIpc) is 2.28. The summed E-state index contributed by atoms with van der Waals surface area (Å²) in [6, 6.07) is 6.61. The van der Waals surface area contributed by atoms with E-state index in [1.54, 1.807) is 38.1 Å². The molecule has 1 aromatic carbocycles. The first kappa shape index (κ1) is 12.5. The van der Waals surface area contributed by atoms with E-state index in [1.807, 2.05) is 0 Å². The molecule has 0 atom stereocenters. The van der Waals surface area contributed by atoms with Crippen LogP contribution in [0.15, 0.2) is 29.4 Å². The van der Waals surface area contributed by atoms with Crippen LogP contribution in [-0.2, 0) is 10.0 Å².